The molecule has 2 aliphatic heterocycles. The van der Waals surface area contributed by atoms with Crippen LogP contribution < -0.4 is 4.90 Å². The van der Waals surface area contributed by atoms with Crippen LogP contribution in [-0.4, -0.2) is 48.7 Å². The fourth-order valence-corrected chi connectivity index (χ4v) is 3.61. The Hall–Kier alpha value is -1.39. The summed E-state index contributed by atoms with van der Waals surface area (Å²) >= 11 is 0. The average molecular weight is 274 g/mol. The van der Waals surface area contributed by atoms with Gasteiger partial charge >= 0.3 is 0 Å². The number of anilines is 1. The summed E-state index contributed by atoms with van der Waals surface area (Å²) in [6, 6.07) is 9.94. The minimum atomic E-state index is -0.219. The zero-order chi connectivity index (χ0) is 14.0. The molecular weight excluding hydrogens is 252 g/mol. The third-order valence-corrected chi connectivity index (χ3v) is 4.65. The molecule has 0 aromatic heterocycles. The van der Waals surface area contributed by atoms with Gasteiger partial charge < -0.3 is 10.0 Å². The Kier molecular flexibility index (Phi) is 3.76. The predicted molar refractivity (Wildman–Crippen MR) is 78.6 cm³/mol. The monoisotopic (exact) mass is 274 g/mol. The number of nitrogens with zero attached hydrogens (tertiary/aromatic N) is 2. The van der Waals surface area contributed by atoms with E-state index >= 15 is 0 Å². The predicted octanol–water partition coefficient (Wildman–Crippen LogP) is 1.50. The highest BCUT2D eigenvalue weighted by molar-refractivity contribution is 6.00. The number of aliphatic hydroxyl groups excluding tert-OH is 1. The molecular formula is C16H22N2O2. The standard InChI is InChI=1S/C16H22N2O2/c19-12-11-17-9-4-7-16(13-17)8-10-18(15(16)20)14-5-2-1-3-6-14/h1-3,5-6,19H,4,7-13H2. The number of amides is 1. The van der Waals surface area contributed by atoms with E-state index in [0.29, 0.717) is 6.54 Å². The van der Waals surface area contributed by atoms with Gasteiger partial charge in [0, 0.05) is 25.3 Å². The van der Waals surface area contributed by atoms with E-state index in [9.17, 15) is 4.79 Å². The van der Waals surface area contributed by atoms with Gasteiger partial charge in [-0.15, -0.1) is 0 Å². The summed E-state index contributed by atoms with van der Waals surface area (Å²) in [6.07, 6.45) is 2.97. The molecule has 0 aliphatic carbocycles. The fraction of sp³-hybridized carbons (Fsp3) is 0.562. The second kappa shape index (κ2) is 5.54. The number of carbonyl (C=O) groups excluding carboxylic acids is 1. The minimum Gasteiger partial charge on any atom is -0.395 e. The number of benzene rings is 1. The Morgan fingerprint density at radius 1 is 1.15 bits per heavy atom. The number of likely N-dealkylation sites (tertiary alicyclic amines) is 1. The lowest BCUT2D eigenvalue weighted by atomic mass is 9.78. The van der Waals surface area contributed by atoms with Crippen molar-refractivity contribution < 1.29 is 9.90 Å². The lowest BCUT2D eigenvalue weighted by molar-refractivity contribution is -0.128. The zero-order valence-corrected chi connectivity index (χ0v) is 11.8. The van der Waals surface area contributed by atoms with Gasteiger partial charge in [-0.3, -0.25) is 9.69 Å². The third-order valence-electron chi connectivity index (χ3n) is 4.65. The van der Waals surface area contributed by atoms with E-state index in [-0.39, 0.29) is 17.9 Å². The van der Waals surface area contributed by atoms with E-state index < -0.39 is 0 Å². The lowest BCUT2D eigenvalue weighted by Crippen LogP contribution is -2.48. The SMILES string of the molecule is O=C1N(c2ccccc2)CCC12CCCN(CCO)C2. The number of piperidine rings is 1. The Balaban J connectivity index is 1.77. The molecule has 20 heavy (non-hydrogen) atoms. The van der Waals surface area contributed by atoms with Crippen LogP contribution in [0.4, 0.5) is 5.69 Å². The molecule has 4 nitrogen and oxygen atoms in total. The van der Waals surface area contributed by atoms with Crippen molar-refractivity contribution in [2.75, 3.05) is 37.7 Å². The lowest BCUT2D eigenvalue weighted by Gasteiger charge is -2.38. The third kappa shape index (κ3) is 2.34. The molecule has 108 valence electrons. The molecule has 1 spiro atoms. The van der Waals surface area contributed by atoms with Crippen LogP contribution >= 0.6 is 0 Å². The largest absolute Gasteiger partial charge is 0.395 e. The van der Waals surface area contributed by atoms with Crippen LogP contribution in [0.5, 0.6) is 0 Å². The van der Waals surface area contributed by atoms with Crippen molar-refractivity contribution in [3.63, 3.8) is 0 Å². The van der Waals surface area contributed by atoms with Crippen molar-refractivity contribution in [3.8, 4) is 0 Å². The second-order valence-corrected chi connectivity index (χ2v) is 5.93. The van der Waals surface area contributed by atoms with Crippen molar-refractivity contribution in [3.05, 3.63) is 30.3 Å². The molecule has 1 N–H and O–H groups in total. The highest BCUT2D eigenvalue weighted by Crippen LogP contribution is 2.41. The van der Waals surface area contributed by atoms with E-state index in [2.05, 4.69) is 4.90 Å². The van der Waals surface area contributed by atoms with Gasteiger partial charge in [0.1, 0.15) is 0 Å². The molecule has 0 saturated carbocycles. The van der Waals surface area contributed by atoms with Gasteiger partial charge in [-0.25, -0.2) is 0 Å². The summed E-state index contributed by atoms with van der Waals surface area (Å²) in [5.41, 5.74) is 0.789. The number of rotatable bonds is 3. The zero-order valence-electron chi connectivity index (χ0n) is 11.8. The van der Waals surface area contributed by atoms with Crippen molar-refractivity contribution in [1.29, 1.82) is 0 Å². The highest BCUT2D eigenvalue weighted by Gasteiger charge is 2.48. The maximum Gasteiger partial charge on any atom is 0.234 e. The number of para-hydroxylation sites is 1. The molecule has 2 saturated heterocycles. The number of β-amino-alcohol motifs (C(OH)–C–C–N with tert-alkyl or cyclic N) is 1. The van der Waals surface area contributed by atoms with Gasteiger partial charge in [-0.1, -0.05) is 18.2 Å². The van der Waals surface area contributed by atoms with Gasteiger partial charge in [0.25, 0.3) is 0 Å². The van der Waals surface area contributed by atoms with E-state index in [0.717, 1.165) is 44.6 Å². The number of aliphatic hydroxyl groups is 1. The Morgan fingerprint density at radius 2 is 1.95 bits per heavy atom. The summed E-state index contributed by atoms with van der Waals surface area (Å²) in [5, 5.41) is 9.11. The van der Waals surface area contributed by atoms with Gasteiger partial charge in [0.2, 0.25) is 5.91 Å². The molecule has 1 atom stereocenters. The first-order valence-corrected chi connectivity index (χ1v) is 7.45. The van der Waals surface area contributed by atoms with Crippen LogP contribution in [0.3, 0.4) is 0 Å². The molecule has 0 bridgehead atoms. The summed E-state index contributed by atoms with van der Waals surface area (Å²) < 4.78 is 0. The molecule has 0 radical (unpaired) electrons. The van der Waals surface area contributed by atoms with Crippen molar-refractivity contribution >= 4 is 11.6 Å². The summed E-state index contributed by atoms with van der Waals surface area (Å²) in [6.45, 7) is 3.47. The van der Waals surface area contributed by atoms with Crippen LogP contribution in [0.2, 0.25) is 0 Å². The van der Waals surface area contributed by atoms with Crippen LogP contribution in [0.15, 0.2) is 30.3 Å². The van der Waals surface area contributed by atoms with Crippen LogP contribution in [0.25, 0.3) is 0 Å². The maximum atomic E-state index is 12.9. The van der Waals surface area contributed by atoms with Crippen LogP contribution in [0, 0.1) is 5.41 Å². The van der Waals surface area contributed by atoms with Gasteiger partial charge in [-0.2, -0.15) is 0 Å². The van der Waals surface area contributed by atoms with E-state index in [1.807, 2.05) is 35.2 Å². The van der Waals surface area contributed by atoms with Crippen molar-refractivity contribution in [1.82, 2.24) is 4.90 Å². The average Bonchev–Trinajstić information content (AvgIpc) is 2.78. The Labute approximate surface area is 120 Å². The van der Waals surface area contributed by atoms with E-state index in [1.54, 1.807) is 0 Å². The van der Waals surface area contributed by atoms with Crippen LogP contribution in [0.1, 0.15) is 19.3 Å². The maximum absolute atomic E-state index is 12.9. The van der Waals surface area contributed by atoms with Gasteiger partial charge in [0.05, 0.1) is 12.0 Å². The Bertz CT molecular complexity index is 475. The molecule has 1 aromatic carbocycles. The first-order chi connectivity index (χ1) is 9.75. The number of hydrogen-bond acceptors (Lipinski definition) is 3. The second-order valence-electron chi connectivity index (χ2n) is 5.93. The molecule has 2 aliphatic rings. The molecule has 2 fully saturated rings. The smallest absolute Gasteiger partial charge is 0.234 e. The van der Waals surface area contributed by atoms with Gasteiger partial charge in [0.15, 0.2) is 0 Å². The quantitative estimate of drug-likeness (QED) is 0.908. The van der Waals surface area contributed by atoms with Crippen molar-refractivity contribution in [2.45, 2.75) is 19.3 Å². The fourth-order valence-electron chi connectivity index (χ4n) is 3.61. The molecule has 1 unspecified atom stereocenters. The molecule has 1 aromatic rings. The van der Waals surface area contributed by atoms with Crippen molar-refractivity contribution in [2.24, 2.45) is 5.41 Å². The van der Waals surface area contributed by atoms with E-state index in [1.165, 1.54) is 0 Å². The normalized spacial score (nSPS) is 27.4. The summed E-state index contributed by atoms with van der Waals surface area (Å²) in [4.78, 5) is 17.0. The molecule has 2 heterocycles. The Morgan fingerprint density at radius 3 is 2.70 bits per heavy atom. The molecule has 4 heteroatoms. The van der Waals surface area contributed by atoms with E-state index in [4.69, 9.17) is 5.11 Å². The highest BCUT2D eigenvalue weighted by atomic mass is 16.3. The van der Waals surface area contributed by atoms with Gasteiger partial charge in [-0.05, 0) is 37.9 Å². The summed E-state index contributed by atoms with van der Waals surface area (Å²) in [5.74, 6) is 0.270. The van der Waals surface area contributed by atoms with Crippen LogP contribution in [-0.2, 0) is 4.79 Å². The number of carbonyl (C=O) groups is 1. The first kappa shape index (κ1) is 13.6. The minimum absolute atomic E-state index is 0.173. The topological polar surface area (TPSA) is 43.8 Å². The number of hydrogen-bond donors (Lipinski definition) is 1. The summed E-state index contributed by atoms with van der Waals surface area (Å²) in [7, 11) is 0. The molecule has 3 rings (SSSR count). The molecule has 1 amide bonds. The first-order valence-electron chi connectivity index (χ1n) is 7.45.